The monoisotopic (exact) mass is 220 g/mol. The summed E-state index contributed by atoms with van der Waals surface area (Å²) in [5.74, 6) is 0. The quantitative estimate of drug-likeness (QED) is 0.381. The minimum absolute atomic E-state index is 0. The van der Waals surface area contributed by atoms with Gasteiger partial charge in [-0.25, -0.2) is 0 Å². The third-order valence-corrected chi connectivity index (χ3v) is 0. The van der Waals surface area contributed by atoms with Crippen LogP contribution < -0.4 is 19.2 Å². The summed E-state index contributed by atoms with van der Waals surface area (Å²) >= 11 is 0. The van der Waals surface area contributed by atoms with Gasteiger partial charge < -0.3 is 28.2 Å². The fraction of sp³-hybridized carbons (Fsp3) is 0. The molecule has 8 heavy (non-hydrogen) atoms. The average Bonchev–Trinajstić information content (AvgIpc) is 0.722. The molecule has 0 unspecified atom stereocenters. The van der Waals surface area contributed by atoms with Crippen LogP contribution in [0.1, 0.15) is 0 Å². The van der Waals surface area contributed by atoms with Gasteiger partial charge >= 0.3 is 46.7 Å². The number of hydrogen-bond donors (Lipinski definition) is 0. The first kappa shape index (κ1) is 22.8. The van der Waals surface area contributed by atoms with Crippen LogP contribution >= 0.6 is 0 Å². The van der Waals surface area contributed by atoms with E-state index in [0.29, 0.717) is 0 Å². The second kappa shape index (κ2) is 8.37. The van der Waals surface area contributed by atoms with Crippen LogP contribution in [-0.4, -0.2) is 19.2 Å². The Labute approximate surface area is 74.9 Å². The predicted molar refractivity (Wildman–Crippen MR) is 11.5 cm³/mol. The first-order chi connectivity index (χ1) is 2.00. The topological polar surface area (TPSA) is 92.2 Å². The van der Waals surface area contributed by atoms with E-state index in [2.05, 4.69) is 0 Å². The van der Waals surface area contributed by atoms with E-state index in [1.165, 1.54) is 0 Å². The average molecular weight is 221 g/mol. The minimum atomic E-state index is -5.61. The molecule has 0 amide bonds. The van der Waals surface area contributed by atoms with Crippen molar-refractivity contribution in [3.05, 3.63) is 0 Å². The van der Waals surface area contributed by atoms with Crippen molar-refractivity contribution >= 4 is 19.2 Å². The summed E-state index contributed by atoms with van der Waals surface area (Å²) < 4.78 is 0. The van der Waals surface area contributed by atoms with Crippen molar-refractivity contribution in [3.8, 4) is 0 Å². The molecule has 4 nitrogen and oxygen atoms in total. The normalized spacial score (nSPS) is 7.50. The largest absolute Gasteiger partial charge is 2.00 e. The van der Waals surface area contributed by atoms with Crippen molar-refractivity contribution < 1.29 is 55.7 Å². The zero-order valence-electron chi connectivity index (χ0n) is 3.93. The first-order valence-electron chi connectivity index (χ1n) is 0.816. The predicted octanol–water partition coefficient (Wildman–Crippen LogP) is -5.52. The van der Waals surface area contributed by atoms with Gasteiger partial charge in [-0.2, -0.15) is 0 Å². The fourth-order valence-corrected chi connectivity index (χ4v) is 0. The van der Waals surface area contributed by atoms with E-state index in [4.69, 9.17) is 19.2 Å². The van der Waals surface area contributed by atoms with Crippen LogP contribution in [-0.2, 0) is 36.5 Å². The maximum absolute atomic E-state index is 8.58. The Morgan fingerprint density at radius 3 is 0.875 bits per heavy atom. The van der Waals surface area contributed by atoms with E-state index >= 15 is 0 Å². The molecule has 0 N–H and O–H groups in total. The summed E-state index contributed by atoms with van der Waals surface area (Å²) in [7, 11) is -5.61. The molecule has 0 aromatic heterocycles. The zero-order chi connectivity index (χ0) is 4.50. The van der Waals surface area contributed by atoms with E-state index in [1.54, 1.807) is 0 Å². The zero-order valence-corrected chi connectivity index (χ0v) is 9.07. The Balaban J connectivity index is -0.0000000267. The van der Waals surface area contributed by atoms with Crippen molar-refractivity contribution in [1.29, 1.82) is 0 Å². The van der Waals surface area contributed by atoms with Crippen LogP contribution in [0, 0.1) is 0 Å². The molecule has 0 spiro atoms. The molecule has 37 valence electrons. The molecule has 0 aliphatic heterocycles. The Morgan fingerprint density at radius 2 is 0.875 bits per heavy atom. The smallest absolute Gasteiger partial charge is 0.894 e. The molecule has 0 aromatic rings. The Kier molecular flexibility index (Phi) is 23.8. The van der Waals surface area contributed by atoms with Gasteiger partial charge in [0, 0.05) is 0 Å². The van der Waals surface area contributed by atoms with Crippen LogP contribution in [0.5, 0.6) is 0 Å². The molecule has 0 aliphatic carbocycles. The van der Waals surface area contributed by atoms with E-state index in [0.717, 1.165) is 0 Å². The minimum Gasteiger partial charge on any atom is -0.894 e. The van der Waals surface area contributed by atoms with Crippen LogP contribution in [0.2, 0.25) is 0 Å². The van der Waals surface area contributed by atoms with Gasteiger partial charge in [0.2, 0.25) is 0 Å². The third kappa shape index (κ3) is 160. The maximum Gasteiger partial charge on any atom is 2.00 e. The summed E-state index contributed by atoms with van der Waals surface area (Å²) in [5.41, 5.74) is 0. The van der Waals surface area contributed by atoms with Gasteiger partial charge in [-0.3, -0.25) is 0 Å². The fourth-order valence-electron chi connectivity index (χ4n) is 0. The Hall–Kier alpha value is 1.37. The standard InChI is InChI=1S/Be.Mn.O4Si.Zn/c;;1-5(2,3)4;/q2*+2;-4;+2. The maximum atomic E-state index is 8.58. The van der Waals surface area contributed by atoms with E-state index in [9.17, 15) is 0 Å². The molecule has 0 atom stereocenters. The van der Waals surface area contributed by atoms with Gasteiger partial charge in [-0.05, 0) is 0 Å². The molecular weight excluding hydrogens is 221 g/mol. The summed E-state index contributed by atoms with van der Waals surface area (Å²) in [6.07, 6.45) is 0. The Bertz CT molecular complexity index is 31.5. The van der Waals surface area contributed by atoms with E-state index in [-0.39, 0.29) is 46.7 Å². The van der Waals surface area contributed by atoms with Gasteiger partial charge in [0.1, 0.15) is 0 Å². The van der Waals surface area contributed by atoms with Gasteiger partial charge in [-0.1, -0.05) is 0 Å². The molecule has 0 aromatic carbocycles. The van der Waals surface area contributed by atoms with Gasteiger partial charge in [0.15, 0.2) is 0 Å². The van der Waals surface area contributed by atoms with Gasteiger partial charge in [-0.15, -0.1) is 0 Å². The van der Waals surface area contributed by atoms with Crippen LogP contribution in [0.4, 0.5) is 0 Å². The summed E-state index contributed by atoms with van der Waals surface area (Å²) in [6, 6.07) is 0. The molecule has 0 saturated heterocycles. The molecule has 0 aliphatic rings. The van der Waals surface area contributed by atoms with E-state index < -0.39 is 9.05 Å². The molecular formula is BeMnO4SiZn+2. The van der Waals surface area contributed by atoms with Crippen molar-refractivity contribution in [2.45, 2.75) is 0 Å². The van der Waals surface area contributed by atoms with Crippen molar-refractivity contribution in [3.63, 3.8) is 0 Å². The molecule has 0 saturated carbocycles. The van der Waals surface area contributed by atoms with Crippen LogP contribution in [0.25, 0.3) is 0 Å². The molecule has 1 radical (unpaired) electrons. The number of rotatable bonds is 0. The third-order valence-electron chi connectivity index (χ3n) is 0. The molecule has 0 fully saturated rings. The summed E-state index contributed by atoms with van der Waals surface area (Å²) in [6.45, 7) is 0. The van der Waals surface area contributed by atoms with Crippen LogP contribution in [0.15, 0.2) is 0 Å². The molecule has 0 heterocycles. The molecule has 0 rings (SSSR count). The molecule has 8 heteroatoms. The molecule has 0 bridgehead atoms. The van der Waals surface area contributed by atoms with Crippen LogP contribution in [0.3, 0.4) is 0 Å². The summed E-state index contributed by atoms with van der Waals surface area (Å²) in [5, 5.41) is 0. The van der Waals surface area contributed by atoms with E-state index in [1.807, 2.05) is 0 Å². The van der Waals surface area contributed by atoms with Crippen molar-refractivity contribution in [2.75, 3.05) is 0 Å². The Morgan fingerprint density at radius 1 is 0.875 bits per heavy atom. The van der Waals surface area contributed by atoms with Gasteiger partial charge in [0.25, 0.3) is 0 Å². The SMILES string of the molecule is [Be+2].[Mn+2].[O-][Si]([O-])([O-])[O-].[Zn+2]. The van der Waals surface area contributed by atoms with Crippen molar-refractivity contribution in [2.24, 2.45) is 0 Å². The number of hydrogen-bond acceptors (Lipinski definition) is 4. The second-order valence-electron chi connectivity index (χ2n) is 0.500. The summed E-state index contributed by atoms with van der Waals surface area (Å²) in [4.78, 5) is 34.3. The second-order valence-corrected chi connectivity index (χ2v) is 1.50. The van der Waals surface area contributed by atoms with Gasteiger partial charge in [0.05, 0.1) is 0 Å². The van der Waals surface area contributed by atoms with Crippen molar-refractivity contribution in [1.82, 2.24) is 0 Å². The first-order valence-corrected chi connectivity index (χ1v) is 2.45.